The van der Waals surface area contributed by atoms with Gasteiger partial charge < -0.3 is 4.98 Å². The average molecular weight is 1690 g/mol. The molecule has 5 heterocycles. The number of aromatic amines is 1. The van der Waals surface area contributed by atoms with Crippen molar-refractivity contribution in [2.45, 2.75) is 0 Å². The summed E-state index contributed by atoms with van der Waals surface area (Å²) in [6.45, 7) is 0. The molecule has 8 nitrogen and oxygen atoms in total. The average Bonchev–Trinajstić information content (AvgIpc) is 3.89. The molecule has 0 unspecified atom stereocenters. The van der Waals surface area contributed by atoms with Crippen molar-refractivity contribution >= 4 is 291 Å². The topological polar surface area (TPSA) is 98.1 Å². The Morgan fingerprint density at radius 2 is 0.839 bits per heavy atom. The van der Waals surface area contributed by atoms with E-state index in [-0.39, 0.29) is 10.0 Å². The van der Waals surface area contributed by atoms with Crippen LogP contribution in [0, 0.1) is 0 Å². The van der Waals surface area contributed by atoms with Crippen molar-refractivity contribution in [3.05, 3.63) is 74.3 Å². The molecule has 8 bridgehead atoms. The first kappa shape index (κ1) is 42.8. The van der Waals surface area contributed by atoms with Gasteiger partial charge in [0.05, 0.1) is 30.7 Å². The van der Waals surface area contributed by atoms with Gasteiger partial charge >= 0.3 is 0 Å². The van der Waals surface area contributed by atoms with Crippen LogP contribution >= 0.6 is 246 Å². The number of H-pyrrole nitrogens is 1. The number of benzene rings is 4. The van der Waals surface area contributed by atoms with E-state index in [9.17, 15) is 0 Å². The number of fused-ring (bicyclic) bond motifs is 20. The van der Waals surface area contributed by atoms with Crippen molar-refractivity contribution in [1.29, 1.82) is 0 Å². The first-order valence-corrected chi connectivity index (χ1v) is 26.5. The molecular weight excluding hydrogens is 1690 g/mol. The van der Waals surface area contributed by atoms with Gasteiger partial charge in [-0.3, -0.25) is 0 Å². The van der Waals surface area contributed by atoms with Gasteiger partial charge in [0.1, 0.15) is 11.3 Å². The van der Waals surface area contributed by atoms with Gasteiger partial charge in [0.15, 0.2) is 34.6 Å². The second-order valence-corrected chi connectivity index (χ2v) is 23.5. The predicted molar refractivity (Wildman–Crippen MR) is 274 cm³/mol. The number of hydrogen-bond acceptors (Lipinski definition) is 6. The van der Waals surface area contributed by atoms with Crippen molar-refractivity contribution in [1.82, 2.24) is 38.5 Å². The van der Waals surface area contributed by atoms with E-state index in [2.05, 4.69) is 228 Å². The summed E-state index contributed by atoms with van der Waals surface area (Å²) in [5.41, 5.74) is 4.44. The van der Waals surface area contributed by atoms with E-state index in [0.717, 1.165) is 46.6 Å². The Bertz CT molecular complexity index is 3240. The highest BCUT2D eigenvalue weighted by atomic mass is 79.9. The molecule has 24 heteroatoms. The summed E-state index contributed by atoms with van der Waals surface area (Å²) in [5.74, 6) is 1.43. The molecule has 0 radical (unpaired) electrons. The van der Waals surface area contributed by atoms with Gasteiger partial charge in [0, 0.05) is 97.5 Å². The Balaban J connectivity index is 1.62. The Morgan fingerprint density at radius 3 is 1.41 bits per heavy atom. The normalized spacial score (nSPS) is 12.3. The van der Waals surface area contributed by atoms with Crippen LogP contribution in [0.15, 0.2) is 64.2 Å². The molecule has 0 saturated heterocycles. The van der Waals surface area contributed by atoms with Crippen LogP contribution in [0.25, 0.3) is 89.7 Å². The molecule has 4 aromatic carbocycles. The third-order valence-electron chi connectivity index (χ3n) is 8.69. The number of rotatable bonds is 0. The zero-order valence-corrected chi connectivity index (χ0v) is 49.5. The van der Waals surface area contributed by atoms with Gasteiger partial charge in [-0.25, -0.2) is 33.5 Å². The van der Waals surface area contributed by atoms with Crippen LogP contribution in [0.5, 0.6) is 0 Å². The van der Waals surface area contributed by atoms with Gasteiger partial charge in [-0.05, 0) is 213 Å². The molecule has 2 aliphatic heterocycles. The fourth-order valence-corrected chi connectivity index (χ4v) is 15.0. The van der Waals surface area contributed by atoms with Gasteiger partial charge in [0.2, 0.25) is 0 Å². The molecule has 0 spiro atoms. The summed E-state index contributed by atoms with van der Waals surface area (Å²) in [4.78, 5) is 34.4. The van der Waals surface area contributed by atoms with Gasteiger partial charge in [0.25, 0.3) is 0 Å². The first-order chi connectivity index (χ1) is 26.4. The van der Waals surface area contributed by atoms with Crippen LogP contribution in [0.3, 0.4) is 0 Å². The van der Waals surface area contributed by atoms with Crippen LogP contribution in [0.1, 0.15) is 0 Å². The molecule has 0 aliphatic carbocycles. The molecule has 7 aromatic rings. The SMILES string of the molecule is Clc1c(Br)c(Br)c2c3nc4nc(nc5c6c(Br)c(Br)c(Br)c(Br)c6c(nc6nc(nc([nH]3)c2c1Cl)-c1cc(Br)c(Br)c(Br)c1-6)n5Br)-c1c(Br)c(Br)c(Br)c(Br)c1-4. The van der Waals surface area contributed by atoms with Crippen molar-refractivity contribution in [3.8, 4) is 45.6 Å². The molecule has 56 heavy (non-hydrogen) atoms. The summed E-state index contributed by atoms with van der Waals surface area (Å²) < 4.78 is 11.0. The van der Waals surface area contributed by atoms with E-state index < -0.39 is 0 Å². The number of aromatic nitrogens is 8. The zero-order valence-electron chi connectivity index (χ0n) is 25.8. The first-order valence-electron chi connectivity index (χ1n) is 14.7. The minimum absolute atomic E-state index is 0.256. The fraction of sp³-hybridized carbons (Fsp3) is 0. The number of nitrogens with one attached hydrogen (secondary N) is 1. The second-order valence-electron chi connectivity index (χ2n) is 11.6. The van der Waals surface area contributed by atoms with E-state index in [1.165, 1.54) is 0 Å². The largest absolute Gasteiger partial charge is 0.324 e. The number of halogens is 16. The Hall–Kier alpha value is 1.54. The fourth-order valence-electron chi connectivity index (χ4n) is 6.24. The Kier molecular flexibility index (Phi) is 12.0. The summed E-state index contributed by atoms with van der Waals surface area (Å²) in [7, 11) is 0. The van der Waals surface area contributed by atoms with Gasteiger partial charge in [-0.1, -0.05) is 23.2 Å². The molecular formula is C32H2Br14Cl2N8. The molecule has 0 fully saturated rings. The van der Waals surface area contributed by atoms with E-state index in [0.29, 0.717) is 101 Å². The lowest BCUT2D eigenvalue weighted by Crippen LogP contribution is -1.90. The van der Waals surface area contributed by atoms with Crippen LogP contribution in [0.4, 0.5) is 0 Å². The van der Waals surface area contributed by atoms with Crippen LogP contribution < -0.4 is 0 Å². The van der Waals surface area contributed by atoms with Crippen molar-refractivity contribution in [2.75, 3.05) is 0 Å². The van der Waals surface area contributed by atoms with Crippen molar-refractivity contribution in [3.63, 3.8) is 0 Å². The molecule has 0 amide bonds. The maximum absolute atomic E-state index is 7.05. The number of nitrogens with zero attached hydrogens (tertiary/aromatic N) is 7. The smallest absolute Gasteiger partial charge is 0.166 e. The predicted octanol–water partition coefficient (Wildman–Crippen LogP) is 18.7. The van der Waals surface area contributed by atoms with Crippen LogP contribution in [-0.4, -0.2) is 38.5 Å². The summed E-state index contributed by atoms with van der Waals surface area (Å²) in [5, 5.41) is 3.10. The lowest BCUT2D eigenvalue weighted by atomic mass is 10.1. The third-order valence-corrected chi connectivity index (χ3v) is 25.4. The second kappa shape index (κ2) is 15.7. The highest BCUT2D eigenvalue weighted by molar-refractivity contribution is 9.16. The van der Waals surface area contributed by atoms with E-state index in [1.54, 1.807) is 3.59 Å². The molecule has 2 aliphatic rings. The molecule has 1 N–H and O–H groups in total. The Labute approximate surface area is 441 Å². The van der Waals surface area contributed by atoms with Gasteiger partial charge in [-0.2, -0.15) is 0 Å². The maximum Gasteiger partial charge on any atom is 0.166 e. The molecule has 282 valence electrons. The Morgan fingerprint density at radius 1 is 0.411 bits per heavy atom. The molecule has 3 aromatic heterocycles. The molecule has 9 rings (SSSR count). The lowest BCUT2D eigenvalue weighted by molar-refractivity contribution is 1.18. The quantitative estimate of drug-likeness (QED) is 0.120. The van der Waals surface area contributed by atoms with Crippen LogP contribution in [-0.2, 0) is 0 Å². The molecule has 0 atom stereocenters. The lowest BCUT2D eigenvalue weighted by Gasteiger charge is -2.10. The number of hydrogen-bond donors (Lipinski definition) is 1. The van der Waals surface area contributed by atoms with Crippen LogP contribution in [0.2, 0.25) is 10.0 Å². The zero-order chi connectivity index (χ0) is 40.1. The van der Waals surface area contributed by atoms with Crippen molar-refractivity contribution in [2.24, 2.45) is 0 Å². The minimum atomic E-state index is 0.256. The highest BCUT2D eigenvalue weighted by Crippen LogP contribution is 2.54. The third kappa shape index (κ3) is 6.33. The van der Waals surface area contributed by atoms with E-state index in [1.807, 2.05) is 6.07 Å². The summed E-state index contributed by atoms with van der Waals surface area (Å²) in [6.07, 6.45) is 0. The standard InChI is InChI=1S/C32H2Br14Cl2N8/c33-3-1-2-4(12(35)11(3)34)26-49-25(2)50-30-10-7(15(38)22(45)24(48)23(10)47)28(53-30)51-27-5-6(14(37)19(42)18(41)13(5)36)29(52-27)55-32-9-8(31(54-26)56(32)46)16(39)20(43)21(44)17(9)40/h1H,(H,49,50,51,52,53,54,55). The van der Waals surface area contributed by atoms with E-state index >= 15 is 0 Å². The van der Waals surface area contributed by atoms with Gasteiger partial charge in [-0.15, -0.1) is 0 Å². The molecule has 0 saturated carbocycles. The minimum Gasteiger partial charge on any atom is -0.324 e. The monoisotopic (exact) mass is 1670 g/mol. The summed E-state index contributed by atoms with van der Waals surface area (Å²) in [6, 6.07) is 1.93. The van der Waals surface area contributed by atoms with E-state index in [4.69, 9.17) is 53.1 Å². The summed E-state index contributed by atoms with van der Waals surface area (Å²) >= 11 is 66.6. The highest BCUT2D eigenvalue weighted by Gasteiger charge is 2.32. The maximum atomic E-state index is 7.05. The van der Waals surface area contributed by atoms with Crippen molar-refractivity contribution < 1.29 is 0 Å².